The van der Waals surface area contributed by atoms with Gasteiger partial charge in [0, 0.05) is 32.2 Å². The van der Waals surface area contributed by atoms with Gasteiger partial charge < -0.3 is 9.32 Å². The Morgan fingerprint density at radius 1 is 1.03 bits per heavy atom. The zero-order valence-corrected chi connectivity index (χ0v) is 16.4. The van der Waals surface area contributed by atoms with Gasteiger partial charge in [0.15, 0.2) is 0 Å². The minimum atomic E-state index is -0.746. The topological polar surface area (TPSA) is 49.6 Å². The number of aryl methyl sites for hydroxylation is 1. The maximum absolute atomic E-state index is 14.0. The lowest BCUT2D eigenvalue weighted by molar-refractivity contribution is -0.136. The SMILES string of the molecule is Cc1oc(-c2ccc(F)cc2F)nc1CN1CCN(Cc2cccc(F)c2)C(=O)C1. The Morgan fingerprint density at radius 3 is 2.57 bits per heavy atom. The molecular formula is C22H20F3N3O2. The number of rotatable bonds is 5. The third kappa shape index (κ3) is 4.38. The van der Waals surface area contributed by atoms with Gasteiger partial charge in [-0.2, -0.15) is 0 Å². The number of carbonyl (C=O) groups is 1. The van der Waals surface area contributed by atoms with Gasteiger partial charge in [0.05, 0.1) is 17.8 Å². The monoisotopic (exact) mass is 415 g/mol. The zero-order valence-electron chi connectivity index (χ0n) is 16.4. The summed E-state index contributed by atoms with van der Waals surface area (Å²) in [5, 5.41) is 0. The molecule has 0 unspecified atom stereocenters. The summed E-state index contributed by atoms with van der Waals surface area (Å²) >= 11 is 0. The largest absolute Gasteiger partial charge is 0.441 e. The molecule has 1 aromatic heterocycles. The average molecular weight is 415 g/mol. The minimum absolute atomic E-state index is 0.0588. The summed E-state index contributed by atoms with van der Waals surface area (Å²) in [5.74, 6) is -1.21. The molecule has 4 rings (SSSR count). The molecule has 8 heteroatoms. The number of carbonyl (C=O) groups excluding carboxylic acids is 1. The molecule has 2 aromatic carbocycles. The van der Waals surface area contributed by atoms with Crippen LogP contribution >= 0.6 is 0 Å². The van der Waals surface area contributed by atoms with Gasteiger partial charge in [0.2, 0.25) is 11.8 Å². The number of benzene rings is 2. The first-order valence-corrected chi connectivity index (χ1v) is 9.55. The summed E-state index contributed by atoms with van der Waals surface area (Å²) < 4.78 is 46.1. The fraction of sp³-hybridized carbons (Fsp3) is 0.273. The normalized spacial score (nSPS) is 15.1. The fourth-order valence-electron chi connectivity index (χ4n) is 3.48. The van der Waals surface area contributed by atoms with Crippen molar-refractivity contribution >= 4 is 5.91 Å². The second-order valence-corrected chi connectivity index (χ2v) is 7.30. The first-order chi connectivity index (χ1) is 14.4. The van der Waals surface area contributed by atoms with E-state index in [9.17, 15) is 18.0 Å². The number of nitrogens with zero attached hydrogens (tertiary/aromatic N) is 3. The standard InChI is InChI=1S/C22H20F3N3O2/c1-14-20(26-22(30-14)18-6-5-17(24)10-19(18)25)12-27-7-8-28(21(29)13-27)11-15-3-2-4-16(23)9-15/h2-6,9-10H,7-8,11-13H2,1H3. The smallest absolute Gasteiger partial charge is 0.237 e. The van der Waals surface area contributed by atoms with Gasteiger partial charge in [0.25, 0.3) is 0 Å². The predicted octanol–water partition coefficient (Wildman–Crippen LogP) is 3.91. The van der Waals surface area contributed by atoms with E-state index in [4.69, 9.17) is 4.42 Å². The summed E-state index contributed by atoms with van der Waals surface area (Å²) in [6.07, 6.45) is 0. The molecule has 1 amide bonds. The van der Waals surface area contributed by atoms with Crippen LogP contribution in [0, 0.1) is 24.4 Å². The lowest BCUT2D eigenvalue weighted by Gasteiger charge is -2.34. The van der Waals surface area contributed by atoms with E-state index in [1.165, 1.54) is 18.2 Å². The van der Waals surface area contributed by atoms with E-state index >= 15 is 0 Å². The van der Waals surface area contributed by atoms with Gasteiger partial charge >= 0.3 is 0 Å². The van der Waals surface area contributed by atoms with E-state index in [0.29, 0.717) is 37.6 Å². The highest BCUT2D eigenvalue weighted by Crippen LogP contribution is 2.26. The first kappa shape index (κ1) is 20.2. The quantitative estimate of drug-likeness (QED) is 0.634. The Morgan fingerprint density at radius 2 is 1.83 bits per heavy atom. The predicted molar refractivity (Wildman–Crippen MR) is 104 cm³/mol. The van der Waals surface area contributed by atoms with E-state index in [2.05, 4.69) is 4.98 Å². The van der Waals surface area contributed by atoms with Gasteiger partial charge in [-0.1, -0.05) is 12.1 Å². The summed E-state index contributed by atoms with van der Waals surface area (Å²) in [6.45, 7) is 3.77. The van der Waals surface area contributed by atoms with Crippen molar-refractivity contribution in [2.24, 2.45) is 0 Å². The van der Waals surface area contributed by atoms with Crippen molar-refractivity contribution in [3.8, 4) is 11.5 Å². The average Bonchev–Trinajstić information content (AvgIpc) is 3.04. The molecule has 1 fully saturated rings. The summed E-state index contributed by atoms with van der Waals surface area (Å²) in [4.78, 5) is 20.5. The molecule has 0 spiro atoms. The molecule has 1 aliphatic heterocycles. The molecule has 2 heterocycles. The maximum atomic E-state index is 14.0. The van der Waals surface area contributed by atoms with Gasteiger partial charge in [-0.15, -0.1) is 0 Å². The Hall–Kier alpha value is -3.13. The van der Waals surface area contributed by atoms with Crippen LogP contribution in [0.3, 0.4) is 0 Å². The molecule has 0 aliphatic carbocycles. The summed E-state index contributed by atoms with van der Waals surface area (Å²) in [6, 6.07) is 9.43. The fourth-order valence-corrected chi connectivity index (χ4v) is 3.48. The molecular weight excluding hydrogens is 395 g/mol. The van der Waals surface area contributed by atoms with Crippen LogP contribution in [-0.2, 0) is 17.9 Å². The zero-order chi connectivity index (χ0) is 21.3. The van der Waals surface area contributed by atoms with Crippen LogP contribution in [0.15, 0.2) is 46.9 Å². The molecule has 0 N–H and O–H groups in total. The third-order valence-corrected chi connectivity index (χ3v) is 5.09. The second kappa shape index (κ2) is 8.31. The van der Waals surface area contributed by atoms with Crippen molar-refractivity contribution < 1.29 is 22.4 Å². The van der Waals surface area contributed by atoms with Crippen molar-refractivity contribution in [2.75, 3.05) is 19.6 Å². The van der Waals surface area contributed by atoms with E-state index in [1.54, 1.807) is 24.0 Å². The van der Waals surface area contributed by atoms with Crippen LogP contribution in [-0.4, -0.2) is 40.3 Å². The molecule has 5 nitrogen and oxygen atoms in total. The van der Waals surface area contributed by atoms with Crippen molar-refractivity contribution in [1.82, 2.24) is 14.8 Å². The summed E-state index contributed by atoms with van der Waals surface area (Å²) in [7, 11) is 0. The highest BCUT2D eigenvalue weighted by atomic mass is 19.1. The van der Waals surface area contributed by atoms with E-state index in [1.807, 2.05) is 4.90 Å². The van der Waals surface area contributed by atoms with Crippen LogP contribution in [0.1, 0.15) is 17.0 Å². The van der Waals surface area contributed by atoms with Crippen LogP contribution in [0.2, 0.25) is 0 Å². The number of hydrogen-bond donors (Lipinski definition) is 0. The maximum Gasteiger partial charge on any atom is 0.237 e. The molecule has 0 saturated carbocycles. The Bertz CT molecular complexity index is 1080. The molecule has 0 radical (unpaired) electrons. The minimum Gasteiger partial charge on any atom is -0.441 e. The van der Waals surface area contributed by atoms with Crippen molar-refractivity contribution in [3.05, 3.63) is 76.9 Å². The summed E-state index contributed by atoms with van der Waals surface area (Å²) in [5.41, 5.74) is 1.43. The van der Waals surface area contributed by atoms with Crippen LogP contribution in [0.5, 0.6) is 0 Å². The highest BCUT2D eigenvalue weighted by molar-refractivity contribution is 5.79. The Labute approximate surface area is 171 Å². The molecule has 3 aromatic rings. The Kier molecular flexibility index (Phi) is 5.59. The molecule has 1 saturated heterocycles. The van der Waals surface area contributed by atoms with Gasteiger partial charge in [-0.3, -0.25) is 9.69 Å². The number of piperazine rings is 1. The molecule has 156 valence electrons. The second-order valence-electron chi connectivity index (χ2n) is 7.30. The number of halogens is 3. The number of amides is 1. The van der Waals surface area contributed by atoms with Crippen LogP contribution in [0.25, 0.3) is 11.5 Å². The number of aromatic nitrogens is 1. The highest BCUT2D eigenvalue weighted by Gasteiger charge is 2.26. The molecule has 0 atom stereocenters. The lowest BCUT2D eigenvalue weighted by atomic mass is 10.2. The van der Waals surface area contributed by atoms with Crippen molar-refractivity contribution in [1.29, 1.82) is 0 Å². The van der Waals surface area contributed by atoms with E-state index < -0.39 is 11.6 Å². The van der Waals surface area contributed by atoms with Crippen LogP contribution in [0.4, 0.5) is 13.2 Å². The molecule has 1 aliphatic rings. The van der Waals surface area contributed by atoms with Gasteiger partial charge in [-0.05, 0) is 36.8 Å². The van der Waals surface area contributed by atoms with Gasteiger partial charge in [-0.25, -0.2) is 18.2 Å². The first-order valence-electron chi connectivity index (χ1n) is 9.55. The lowest BCUT2D eigenvalue weighted by Crippen LogP contribution is -2.49. The Balaban J connectivity index is 1.41. The van der Waals surface area contributed by atoms with Crippen LogP contribution < -0.4 is 0 Å². The van der Waals surface area contributed by atoms with Crippen molar-refractivity contribution in [2.45, 2.75) is 20.0 Å². The van der Waals surface area contributed by atoms with Crippen molar-refractivity contribution in [3.63, 3.8) is 0 Å². The number of oxazole rings is 1. The molecule has 30 heavy (non-hydrogen) atoms. The number of hydrogen-bond acceptors (Lipinski definition) is 4. The van der Waals surface area contributed by atoms with E-state index in [0.717, 1.165) is 17.7 Å². The van der Waals surface area contributed by atoms with E-state index in [-0.39, 0.29) is 29.7 Å². The molecule has 0 bridgehead atoms. The third-order valence-electron chi connectivity index (χ3n) is 5.09. The van der Waals surface area contributed by atoms with Gasteiger partial charge in [0.1, 0.15) is 23.2 Å².